The van der Waals surface area contributed by atoms with Crippen molar-refractivity contribution in [3.8, 4) is 5.75 Å². The second-order valence-corrected chi connectivity index (χ2v) is 9.62. The molecule has 0 radical (unpaired) electrons. The maximum absolute atomic E-state index is 13.0. The van der Waals surface area contributed by atoms with Crippen LogP contribution in [0.3, 0.4) is 0 Å². The van der Waals surface area contributed by atoms with Gasteiger partial charge in [-0.2, -0.15) is 4.31 Å². The van der Waals surface area contributed by atoms with Gasteiger partial charge in [-0.1, -0.05) is 36.4 Å². The van der Waals surface area contributed by atoms with Crippen molar-refractivity contribution in [2.75, 3.05) is 18.5 Å². The molecule has 32 heavy (non-hydrogen) atoms. The first kappa shape index (κ1) is 22.0. The average molecular weight is 451 g/mol. The molecule has 1 heterocycles. The maximum atomic E-state index is 13.0. The van der Waals surface area contributed by atoms with E-state index in [9.17, 15) is 13.2 Å². The normalized spacial score (nSPS) is 13.9. The maximum Gasteiger partial charge on any atom is 0.243 e. The Kier molecular flexibility index (Phi) is 6.58. The van der Waals surface area contributed by atoms with Crippen LogP contribution in [0.15, 0.2) is 77.7 Å². The summed E-state index contributed by atoms with van der Waals surface area (Å²) >= 11 is 0. The first-order chi connectivity index (χ1) is 15.5. The van der Waals surface area contributed by atoms with Gasteiger partial charge in [0, 0.05) is 18.8 Å². The highest BCUT2D eigenvalue weighted by Gasteiger charge is 2.28. The quantitative estimate of drug-likeness (QED) is 0.590. The molecule has 1 amide bonds. The summed E-state index contributed by atoms with van der Waals surface area (Å²) in [5.74, 6) is 0.653. The van der Waals surface area contributed by atoms with Crippen molar-refractivity contribution in [1.29, 1.82) is 0 Å². The highest BCUT2D eigenvalue weighted by molar-refractivity contribution is 7.89. The SMILES string of the molecule is CCOc1ccc(CC(=O)Nc2ccc3c(c2)CN(S(=O)(=O)c2ccccc2)CC3)cc1. The zero-order chi connectivity index (χ0) is 22.6. The van der Waals surface area contributed by atoms with Crippen LogP contribution in [-0.4, -0.2) is 31.8 Å². The predicted molar refractivity (Wildman–Crippen MR) is 124 cm³/mol. The average Bonchev–Trinajstić information content (AvgIpc) is 2.80. The van der Waals surface area contributed by atoms with Crippen molar-refractivity contribution in [2.24, 2.45) is 0 Å². The summed E-state index contributed by atoms with van der Waals surface area (Å²) in [4.78, 5) is 12.8. The highest BCUT2D eigenvalue weighted by atomic mass is 32.2. The van der Waals surface area contributed by atoms with E-state index in [4.69, 9.17) is 4.74 Å². The Hall–Kier alpha value is -3.16. The lowest BCUT2D eigenvalue weighted by Crippen LogP contribution is -2.36. The summed E-state index contributed by atoms with van der Waals surface area (Å²) in [5, 5.41) is 2.93. The summed E-state index contributed by atoms with van der Waals surface area (Å²) in [5.41, 5.74) is 3.58. The number of benzene rings is 3. The third-order valence-corrected chi connectivity index (χ3v) is 7.31. The summed E-state index contributed by atoms with van der Waals surface area (Å²) in [7, 11) is -3.55. The molecule has 0 spiro atoms. The molecule has 3 aromatic rings. The molecule has 0 fully saturated rings. The Balaban J connectivity index is 1.43. The molecule has 0 aliphatic carbocycles. The Labute approximate surface area is 188 Å². The predicted octanol–water partition coefficient (Wildman–Crippen LogP) is 4.01. The monoisotopic (exact) mass is 450 g/mol. The van der Waals surface area contributed by atoms with Gasteiger partial charge in [0.25, 0.3) is 0 Å². The van der Waals surface area contributed by atoms with E-state index in [0.29, 0.717) is 30.2 Å². The van der Waals surface area contributed by atoms with E-state index < -0.39 is 10.0 Å². The number of rotatable bonds is 7. The number of ether oxygens (including phenoxy) is 1. The second kappa shape index (κ2) is 9.54. The molecule has 0 atom stereocenters. The van der Waals surface area contributed by atoms with Crippen LogP contribution in [0, 0.1) is 0 Å². The molecule has 0 aromatic heterocycles. The largest absolute Gasteiger partial charge is 0.494 e. The molecule has 7 heteroatoms. The number of anilines is 1. The zero-order valence-electron chi connectivity index (χ0n) is 18.0. The lowest BCUT2D eigenvalue weighted by Gasteiger charge is -2.28. The van der Waals surface area contributed by atoms with Gasteiger partial charge in [0.2, 0.25) is 15.9 Å². The molecule has 166 valence electrons. The van der Waals surface area contributed by atoms with E-state index in [1.165, 1.54) is 4.31 Å². The van der Waals surface area contributed by atoms with E-state index in [2.05, 4.69) is 5.32 Å². The van der Waals surface area contributed by atoms with Crippen molar-refractivity contribution >= 4 is 21.6 Å². The topological polar surface area (TPSA) is 75.7 Å². The molecule has 6 nitrogen and oxygen atoms in total. The van der Waals surface area contributed by atoms with Gasteiger partial charge in [-0.15, -0.1) is 0 Å². The number of hydrogen-bond acceptors (Lipinski definition) is 4. The van der Waals surface area contributed by atoms with Gasteiger partial charge in [-0.25, -0.2) is 8.42 Å². The van der Waals surface area contributed by atoms with Gasteiger partial charge in [0.1, 0.15) is 5.75 Å². The van der Waals surface area contributed by atoms with Crippen molar-refractivity contribution < 1.29 is 17.9 Å². The van der Waals surface area contributed by atoms with Crippen LogP contribution in [0.1, 0.15) is 23.6 Å². The fourth-order valence-electron chi connectivity index (χ4n) is 3.82. The summed E-state index contributed by atoms with van der Waals surface area (Å²) in [6.07, 6.45) is 0.889. The molecular weight excluding hydrogens is 424 g/mol. The minimum absolute atomic E-state index is 0.126. The molecule has 1 aliphatic heterocycles. The van der Waals surface area contributed by atoms with Crippen LogP contribution in [0.25, 0.3) is 0 Å². The Morgan fingerprint density at radius 2 is 1.75 bits per heavy atom. The van der Waals surface area contributed by atoms with Crippen molar-refractivity contribution in [3.05, 3.63) is 89.5 Å². The number of nitrogens with one attached hydrogen (secondary N) is 1. The number of carbonyl (C=O) groups is 1. The fourth-order valence-corrected chi connectivity index (χ4v) is 5.26. The molecule has 1 N–H and O–H groups in total. The molecule has 0 saturated heterocycles. The number of amides is 1. The van der Waals surface area contributed by atoms with Gasteiger partial charge in [0.15, 0.2) is 0 Å². The summed E-state index contributed by atoms with van der Waals surface area (Å²) in [6, 6.07) is 21.7. The number of hydrogen-bond donors (Lipinski definition) is 1. The van der Waals surface area contributed by atoms with E-state index in [1.807, 2.05) is 49.4 Å². The molecule has 3 aromatic carbocycles. The molecule has 4 rings (SSSR count). The van der Waals surface area contributed by atoms with Gasteiger partial charge in [-0.3, -0.25) is 4.79 Å². The number of nitrogens with zero attached hydrogens (tertiary/aromatic N) is 1. The second-order valence-electron chi connectivity index (χ2n) is 7.69. The minimum atomic E-state index is -3.55. The van der Waals surface area contributed by atoms with Gasteiger partial charge in [-0.05, 0) is 66.4 Å². The van der Waals surface area contributed by atoms with E-state index in [-0.39, 0.29) is 18.9 Å². The minimum Gasteiger partial charge on any atom is -0.494 e. The first-order valence-corrected chi connectivity index (χ1v) is 12.1. The molecule has 0 unspecified atom stereocenters. The van der Waals surface area contributed by atoms with Crippen LogP contribution in [0.5, 0.6) is 5.75 Å². The van der Waals surface area contributed by atoms with Crippen LogP contribution < -0.4 is 10.1 Å². The zero-order valence-corrected chi connectivity index (χ0v) is 18.8. The smallest absolute Gasteiger partial charge is 0.243 e. The van der Waals surface area contributed by atoms with E-state index in [0.717, 1.165) is 22.4 Å². The van der Waals surface area contributed by atoms with Gasteiger partial charge < -0.3 is 10.1 Å². The first-order valence-electron chi connectivity index (χ1n) is 10.6. The molecule has 0 bridgehead atoms. The number of sulfonamides is 1. The van der Waals surface area contributed by atoms with Gasteiger partial charge >= 0.3 is 0 Å². The molecule has 1 aliphatic rings. The Morgan fingerprint density at radius 1 is 1.00 bits per heavy atom. The van der Waals surface area contributed by atoms with Crippen molar-refractivity contribution in [3.63, 3.8) is 0 Å². The van der Waals surface area contributed by atoms with Crippen LogP contribution >= 0.6 is 0 Å². The number of carbonyl (C=O) groups excluding carboxylic acids is 1. The summed E-state index contributed by atoms with van der Waals surface area (Å²) in [6.45, 7) is 3.25. The fraction of sp³-hybridized carbons (Fsp3) is 0.240. The van der Waals surface area contributed by atoms with Crippen LogP contribution in [-0.2, 0) is 34.2 Å². The van der Waals surface area contributed by atoms with E-state index >= 15 is 0 Å². The van der Waals surface area contributed by atoms with Gasteiger partial charge in [0.05, 0.1) is 17.9 Å². The van der Waals surface area contributed by atoms with Crippen LogP contribution in [0.2, 0.25) is 0 Å². The van der Waals surface area contributed by atoms with E-state index in [1.54, 1.807) is 30.3 Å². The lowest BCUT2D eigenvalue weighted by molar-refractivity contribution is -0.115. The van der Waals surface area contributed by atoms with Crippen molar-refractivity contribution in [1.82, 2.24) is 4.31 Å². The third-order valence-electron chi connectivity index (χ3n) is 5.45. The molecular formula is C25H26N2O4S. The summed E-state index contributed by atoms with van der Waals surface area (Å²) < 4.78 is 32.9. The lowest BCUT2D eigenvalue weighted by atomic mass is 10.0. The Morgan fingerprint density at radius 3 is 2.47 bits per heavy atom. The van der Waals surface area contributed by atoms with Crippen molar-refractivity contribution in [2.45, 2.75) is 31.2 Å². The third kappa shape index (κ3) is 5.00. The molecule has 0 saturated carbocycles. The van der Waals surface area contributed by atoms with Crippen LogP contribution in [0.4, 0.5) is 5.69 Å². The standard InChI is InChI=1S/C25H26N2O4S/c1-2-31-23-12-8-19(9-13-23)16-25(28)26-22-11-10-20-14-15-27(18-21(20)17-22)32(29,30)24-6-4-3-5-7-24/h3-13,17H,2,14-16,18H2,1H3,(H,26,28). The highest BCUT2D eigenvalue weighted by Crippen LogP contribution is 2.27. The Bertz CT molecular complexity index is 1190. The number of fused-ring (bicyclic) bond motifs is 1.